The number of hydrogen-bond acceptors (Lipinski definition) is 5. The Hall–Kier alpha value is -2.11. The highest BCUT2D eigenvalue weighted by Crippen LogP contribution is 2.28. The van der Waals surface area contributed by atoms with Crippen molar-refractivity contribution >= 4 is 11.6 Å². The molecule has 0 radical (unpaired) electrons. The van der Waals surface area contributed by atoms with Crippen LogP contribution in [0.1, 0.15) is 30.5 Å². The van der Waals surface area contributed by atoms with Gasteiger partial charge in [-0.25, -0.2) is 9.97 Å². The quantitative estimate of drug-likeness (QED) is 0.704. The minimum atomic E-state index is 0.422. The van der Waals surface area contributed by atoms with Gasteiger partial charge in [0, 0.05) is 16.5 Å². The molecule has 1 aliphatic rings. The van der Waals surface area contributed by atoms with Crippen LogP contribution in [-0.4, -0.2) is 28.0 Å². The summed E-state index contributed by atoms with van der Waals surface area (Å²) in [5.41, 5.74) is 0.987. The Labute approximate surface area is 145 Å². The van der Waals surface area contributed by atoms with E-state index >= 15 is 0 Å². The molecule has 0 aliphatic carbocycles. The molecule has 1 saturated heterocycles. The van der Waals surface area contributed by atoms with E-state index in [2.05, 4.69) is 14.9 Å². The van der Waals surface area contributed by atoms with E-state index in [4.69, 9.17) is 20.4 Å². The molecule has 3 heterocycles. The first-order chi connectivity index (χ1) is 11.8. The van der Waals surface area contributed by atoms with Crippen LogP contribution >= 0.6 is 11.6 Å². The van der Waals surface area contributed by atoms with E-state index in [9.17, 15) is 0 Å². The first kappa shape index (κ1) is 15.4. The van der Waals surface area contributed by atoms with Gasteiger partial charge in [-0.2, -0.15) is 0 Å². The number of piperidine rings is 1. The van der Waals surface area contributed by atoms with Gasteiger partial charge in [0.25, 0.3) is 0 Å². The molecule has 3 aromatic rings. The number of oxazole rings is 2. The summed E-state index contributed by atoms with van der Waals surface area (Å²) in [6.07, 6.45) is 7.23. The third kappa shape index (κ3) is 3.37. The number of rotatable bonds is 4. The molecular weight excluding hydrogens is 326 g/mol. The van der Waals surface area contributed by atoms with Gasteiger partial charge in [0.2, 0.25) is 5.89 Å². The van der Waals surface area contributed by atoms with E-state index in [-0.39, 0.29) is 0 Å². The number of halogens is 1. The molecule has 1 aliphatic heterocycles. The van der Waals surface area contributed by atoms with Crippen LogP contribution in [0.4, 0.5) is 0 Å². The van der Waals surface area contributed by atoms with Crippen molar-refractivity contribution in [2.45, 2.75) is 25.3 Å². The lowest BCUT2D eigenvalue weighted by Crippen LogP contribution is -2.32. The van der Waals surface area contributed by atoms with Crippen LogP contribution < -0.4 is 0 Å². The molecule has 0 amide bonds. The van der Waals surface area contributed by atoms with E-state index in [0.717, 1.165) is 55.6 Å². The van der Waals surface area contributed by atoms with Gasteiger partial charge >= 0.3 is 0 Å². The fourth-order valence-electron chi connectivity index (χ4n) is 3.10. The van der Waals surface area contributed by atoms with Crippen LogP contribution in [-0.2, 0) is 6.54 Å². The summed E-state index contributed by atoms with van der Waals surface area (Å²) in [6, 6.07) is 7.59. The standard InChI is InChI=1S/C18H18ClN3O2/c19-15-3-1-13(2-4-15)16-11-21-17(24-16)12-22-8-5-14(6-9-22)18-20-7-10-23-18/h1-4,7,10-11,14H,5-6,8-9,12H2. The van der Waals surface area contributed by atoms with Crippen molar-refractivity contribution in [2.75, 3.05) is 13.1 Å². The molecular formula is C18H18ClN3O2. The normalized spacial score (nSPS) is 16.5. The molecule has 124 valence electrons. The highest BCUT2D eigenvalue weighted by Gasteiger charge is 2.24. The van der Waals surface area contributed by atoms with Crippen molar-refractivity contribution in [1.29, 1.82) is 0 Å². The number of aromatic nitrogens is 2. The van der Waals surface area contributed by atoms with Crippen LogP contribution in [0.25, 0.3) is 11.3 Å². The van der Waals surface area contributed by atoms with E-state index in [0.29, 0.717) is 10.9 Å². The van der Waals surface area contributed by atoms with E-state index in [1.165, 1.54) is 0 Å². The molecule has 6 heteroatoms. The van der Waals surface area contributed by atoms with Crippen LogP contribution in [0.2, 0.25) is 5.02 Å². The van der Waals surface area contributed by atoms with Gasteiger partial charge in [-0.3, -0.25) is 4.90 Å². The molecule has 24 heavy (non-hydrogen) atoms. The molecule has 0 unspecified atom stereocenters. The number of likely N-dealkylation sites (tertiary alicyclic amines) is 1. The monoisotopic (exact) mass is 343 g/mol. The first-order valence-corrected chi connectivity index (χ1v) is 8.48. The molecule has 2 aromatic heterocycles. The van der Waals surface area contributed by atoms with Gasteiger partial charge in [0.05, 0.1) is 18.9 Å². The highest BCUT2D eigenvalue weighted by atomic mass is 35.5. The lowest BCUT2D eigenvalue weighted by molar-refractivity contribution is 0.178. The van der Waals surface area contributed by atoms with E-state index in [1.807, 2.05) is 24.3 Å². The predicted molar refractivity (Wildman–Crippen MR) is 90.7 cm³/mol. The van der Waals surface area contributed by atoms with Gasteiger partial charge in [0.15, 0.2) is 11.7 Å². The molecule has 0 spiro atoms. The lowest BCUT2D eigenvalue weighted by Gasteiger charge is -2.29. The van der Waals surface area contributed by atoms with Gasteiger partial charge < -0.3 is 8.83 Å². The maximum absolute atomic E-state index is 5.92. The molecule has 0 bridgehead atoms. The molecule has 5 nitrogen and oxygen atoms in total. The predicted octanol–water partition coefficient (Wildman–Crippen LogP) is 4.36. The lowest BCUT2D eigenvalue weighted by atomic mass is 9.97. The summed E-state index contributed by atoms with van der Waals surface area (Å²) in [6.45, 7) is 2.71. The SMILES string of the molecule is Clc1ccc(-c2cnc(CN3CCC(c4ncco4)CC3)o2)cc1. The Morgan fingerprint density at radius 1 is 1.12 bits per heavy atom. The van der Waals surface area contributed by atoms with Crippen molar-refractivity contribution in [3.05, 3.63) is 59.7 Å². The summed E-state index contributed by atoms with van der Waals surface area (Å²) in [7, 11) is 0. The maximum Gasteiger partial charge on any atom is 0.209 e. The maximum atomic E-state index is 5.92. The van der Waals surface area contributed by atoms with Crippen molar-refractivity contribution in [3.8, 4) is 11.3 Å². The van der Waals surface area contributed by atoms with E-state index in [1.54, 1.807) is 18.7 Å². The second kappa shape index (κ2) is 6.79. The Balaban J connectivity index is 1.36. The molecule has 4 rings (SSSR count). The summed E-state index contributed by atoms with van der Waals surface area (Å²) < 4.78 is 11.3. The third-order valence-corrected chi connectivity index (χ3v) is 4.68. The Morgan fingerprint density at radius 3 is 2.62 bits per heavy atom. The Kier molecular flexibility index (Phi) is 4.36. The molecule has 0 saturated carbocycles. The highest BCUT2D eigenvalue weighted by molar-refractivity contribution is 6.30. The summed E-state index contributed by atoms with van der Waals surface area (Å²) >= 11 is 5.92. The summed E-state index contributed by atoms with van der Waals surface area (Å²) in [5, 5.41) is 0.715. The Morgan fingerprint density at radius 2 is 1.92 bits per heavy atom. The fraction of sp³-hybridized carbons (Fsp3) is 0.333. The molecule has 0 N–H and O–H groups in total. The van der Waals surface area contributed by atoms with Crippen molar-refractivity contribution in [3.63, 3.8) is 0 Å². The van der Waals surface area contributed by atoms with Crippen molar-refractivity contribution in [1.82, 2.24) is 14.9 Å². The van der Waals surface area contributed by atoms with E-state index < -0.39 is 0 Å². The largest absolute Gasteiger partial charge is 0.449 e. The van der Waals surface area contributed by atoms with Gasteiger partial charge in [-0.05, 0) is 50.2 Å². The molecule has 0 atom stereocenters. The summed E-state index contributed by atoms with van der Waals surface area (Å²) in [4.78, 5) is 11.0. The minimum absolute atomic E-state index is 0.422. The van der Waals surface area contributed by atoms with Crippen molar-refractivity contribution in [2.24, 2.45) is 0 Å². The average molecular weight is 344 g/mol. The fourth-order valence-corrected chi connectivity index (χ4v) is 3.22. The number of benzene rings is 1. The third-order valence-electron chi connectivity index (χ3n) is 4.43. The van der Waals surface area contributed by atoms with Crippen LogP contribution in [0.5, 0.6) is 0 Å². The number of nitrogens with zero attached hydrogens (tertiary/aromatic N) is 3. The molecule has 1 fully saturated rings. The zero-order chi connectivity index (χ0) is 16.4. The number of hydrogen-bond donors (Lipinski definition) is 0. The Bertz CT molecular complexity index is 775. The van der Waals surface area contributed by atoms with Crippen molar-refractivity contribution < 1.29 is 8.83 Å². The second-order valence-corrected chi connectivity index (χ2v) is 6.48. The van der Waals surface area contributed by atoms with Crippen LogP contribution in [0.3, 0.4) is 0 Å². The zero-order valence-corrected chi connectivity index (χ0v) is 13.9. The smallest absolute Gasteiger partial charge is 0.209 e. The second-order valence-electron chi connectivity index (χ2n) is 6.05. The average Bonchev–Trinajstić information content (AvgIpc) is 3.28. The van der Waals surface area contributed by atoms with Crippen LogP contribution in [0.15, 0.2) is 51.8 Å². The van der Waals surface area contributed by atoms with Gasteiger partial charge in [-0.1, -0.05) is 11.6 Å². The minimum Gasteiger partial charge on any atom is -0.449 e. The summed E-state index contributed by atoms with van der Waals surface area (Å²) in [5.74, 6) is 2.80. The topological polar surface area (TPSA) is 55.3 Å². The van der Waals surface area contributed by atoms with Crippen LogP contribution in [0, 0.1) is 0 Å². The zero-order valence-electron chi connectivity index (χ0n) is 13.2. The van der Waals surface area contributed by atoms with Gasteiger partial charge in [0.1, 0.15) is 6.26 Å². The van der Waals surface area contributed by atoms with Gasteiger partial charge in [-0.15, -0.1) is 0 Å². The first-order valence-electron chi connectivity index (χ1n) is 8.10. The molecule has 1 aromatic carbocycles.